The van der Waals surface area contributed by atoms with Crippen molar-refractivity contribution in [1.82, 2.24) is 0 Å². The maximum atomic E-state index is 13.3. The van der Waals surface area contributed by atoms with Gasteiger partial charge in [0.1, 0.15) is 5.00 Å². The average Bonchev–Trinajstić information content (AvgIpc) is 3.36. The van der Waals surface area contributed by atoms with Crippen LogP contribution in [-0.4, -0.2) is 11.8 Å². The van der Waals surface area contributed by atoms with Crippen LogP contribution in [0.15, 0.2) is 47.1 Å². The highest BCUT2D eigenvalue weighted by Gasteiger charge is 2.34. The molecule has 31 heavy (non-hydrogen) atoms. The highest BCUT2D eigenvalue weighted by Crippen LogP contribution is 2.44. The van der Waals surface area contributed by atoms with Gasteiger partial charge in [-0.25, -0.2) is 0 Å². The first-order valence-corrected chi connectivity index (χ1v) is 11.5. The standard InChI is InChI=1S/C24H25ClN2O3S/c1-24(2,3)14-6-11-17-19(13-14)31-23(27-21(28)18-5-4-12-30-18)20(17)22(29)26-16-9-7-15(25)8-10-16/h4-5,7-10,12,14H,6,11,13H2,1-3H3,(H,26,29)(H,27,28)/t14-/m0/s1. The summed E-state index contributed by atoms with van der Waals surface area (Å²) in [5, 5.41) is 7.01. The average molecular weight is 457 g/mol. The molecule has 0 fully saturated rings. The van der Waals surface area contributed by atoms with Gasteiger partial charge in [-0.15, -0.1) is 11.3 Å². The number of hydrogen-bond donors (Lipinski definition) is 2. The lowest BCUT2D eigenvalue weighted by Gasteiger charge is -2.33. The molecule has 0 spiro atoms. The summed E-state index contributed by atoms with van der Waals surface area (Å²) in [6.45, 7) is 6.76. The summed E-state index contributed by atoms with van der Waals surface area (Å²) in [7, 11) is 0. The van der Waals surface area contributed by atoms with E-state index >= 15 is 0 Å². The van der Waals surface area contributed by atoms with Gasteiger partial charge < -0.3 is 15.1 Å². The van der Waals surface area contributed by atoms with Crippen molar-refractivity contribution in [2.45, 2.75) is 40.0 Å². The van der Waals surface area contributed by atoms with Gasteiger partial charge in [0.2, 0.25) is 0 Å². The summed E-state index contributed by atoms with van der Waals surface area (Å²) in [6, 6.07) is 10.2. The molecule has 4 rings (SSSR count). The molecule has 2 N–H and O–H groups in total. The van der Waals surface area contributed by atoms with E-state index in [0.717, 1.165) is 24.8 Å². The summed E-state index contributed by atoms with van der Waals surface area (Å²) < 4.78 is 5.22. The van der Waals surface area contributed by atoms with Crippen molar-refractivity contribution in [3.05, 3.63) is 69.4 Å². The fourth-order valence-electron chi connectivity index (χ4n) is 3.95. The Bertz CT molecular complexity index is 1100. The maximum Gasteiger partial charge on any atom is 0.291 e. The monoisotopic (exact) mass is 456 g/mol. The third-order valence-electron chi connectivity index (χ3n) is 5.79. The van der Waals surface area contributed by atoms with Gasteiger partial charge in [-0.3, -0.25) is 9.59 Å². The molecule has 162 valence electrons. The third kappa shape index (κ3) is 4.70. The van der Waals surface area contributed by atoms with Crippen LogP contribution in [0.2, 0.25) is 5.02 Å². The van der Waals surface area contributed by atoms with Crippen LogP contribution < -0.4 is 10.6 Å². The largest absolute Gasteiger partial charge is 0.459 e. The predicted octanol–water partition coefficient (Wildman–Crippen LogP) is 6.65. The second kappa shape index (κ2) is 8.52. The normalized spacial score (nSPS) is 15.9. The van der Waals surface area contributed by atoms with Crippen LogP contribution in [-0.2, 0) is 12.8 Å². The van der Waals surface area contributed by atoms with Crippen LogP contribution in [0.4, 0.5) is 10.7 Å². The molecule has 5 nitrogen and oxygen atoms in total. The highest BCUT2D eigenvalue weighted by atomic mass is 35.5. The summed E-state index contributed by atoms with van der Waals surface area (Å²) in [4.78, 5) is 27.1. The molecule has 0 radical (unpaired) electrons. The first-order chi connectivity index (χ1) is 14.7. The molecule has 0 saturated carbocycles. The number of fused-ring (bicyclic) bond motifs is 1. The van der Waals surface area contributed by atoms with Crippen LogP contribution in [0.3, 0.4) is 0 Å². The molecule has 2 heterocycles. The van der Waals surface area contributed by atoms with Gasteiger partial charge in [-0.1, -0.05) is 32.4 Å². The topological polar surface area (TPSA) is 71.3 Å². The van der Waals surface area contributed by atoms with Gasteiger partial charge in [0.25, 0.3) is 11.8 Å². The summed E-state index contributed by atoms with van der Waals surface area (Å²) in [6.07, 6.45) is 4.19. The first-order valence-electron chi connectivity index (χ1n) is 10.3. The Balaban J connectivity index is 1.67. The SMILES string of the molecule is CC(C)(C)[C@H]1CCc2c(sc(NC(=O)c3ccco3)c2C(=O)Nc2ccc(Cl)cc2)C1. The fraction of sp³-hybridized carbons (Fsp3) is 0.333. The molecule has 2 amide bonds. The van der Waals surface area contributed by atoms with Crippen molar-refractivity contribution in [3.8, 4) is 0 Å². The number of hydrogen-bond acceptors (Lipinski definition) is 4. The number of carbonyl (C=O) groups excluding carboxylic acids is 2. The molecule has 0 saturated heterocycles. The van der Waals surface area contributed by atoms with E-state index in [2.05, 4.69) is 31.4 Å². The second-order valence-electron chi connectivity index (χ2n) is 8.91. The van der Waals surface area contributed by atoms with E-state index in [-0.39, 0.29) is 23.0 Å². The highest BCUT2D eigenvalue weighted by molar-refractivity contribution is 7.17. The van der Waals surface area contributed by atoms with E-state index in [1.54, 1.807) is 36.4 Å². The molecule has 0 bridgehead atoms. The zero-order chi connectivity index (χ0) is 22.2. The lowest BCUT2D eigenvalue weighted by atomic mass is 9.72. The van der Waals surface area contributed by atoms with Gasteiger partial charge in [-0.2, -0.15) is 0 Å². The van der Waals surface area contributed by atoms with E-state index in [1.165, 1.54) is 22.5 Å². The van der Waals surface area contributed by atoms with Gasteiger partial charge in [-0.05, 0) is 72.6 Å². The molecular weight excluding hydrogens is 432 g/mol. The molecule has 1 aliphatic rings. The Morgan fingerprint density at radius 1 is 1.10 bits per heavy atom. The van der Waals surface area contributed by atoms with Crippen molar-refractivity contribution in [3.63, 3.8) is 0 Å². The Morgan fingerprint density at radius 2 is 1.84 bits per heavy atom. The summed E-state index contributed by atoms with van der Waals surface area (Å²) >= 11 is 7.45. The predicted molar refractivity (Wildman–Crippen MR) is 125 cm³/mol. The molecule has 0 unspecified atom stereocenters. The lowest BCUT2D eigenvalue weighted by molar-refractivity contribution is 0.0997. The van der Waals surface area contributed by atoms with Crippen molar-refractivity contribution >= 4 is 45.4 Å². The number of carbonyl (C=O) groups is 2. The number of halogens is 1. The maximum absolute atomic E-state index is 13.3. The van der Waals surface area contributed by atoms with E-state index in [1.807, 2.05) is 0 Å². The minimum Gasteiger partial charge on any atom is -0.459 e. The van der Waals surface area contributed by atoms with Gasteiger partial charge >= 0.3 is 0 Å². The van der Waals surface area contributed by atoms with Gasteiger partial charge in [0.15, 0.2) is 5.76 Å². The number of nitrogens with one attached hydrogen (secondary N) is 2. The number of rotatable bonds is 4. The number of anilines is 2. The van der Waals surface area contributed by atoms with Crippen molar-refractivity contribution in [2.75, 3.05) is 10.6 Å². The number of benzene rings is 1. The molecule has 0 aliphatic heterocycles. The van der Waals surface area contributed by atoms with E-state index in [0.29, 0.717) is 27.2 Å². The summed E-state index contributed by atoms with van der Waals surface area (Å²) in [5.41, 5.74) is 2.42. The zero-order valence-corrected chi connectivity index (χ0v) is 19.3. The third-order valence-corrected chi connectivity index (χ3v) is 7.21. The molecule has 1 aromatic carbocycles. The van der Waals surface area contributed by atoms with E-state index < -0.39 is 0 Å². The molecule has 1 atom stereocenters. The quantitative estimate of drug-likeness (QED) is 0.461. The van der Waals surface area contributed by atoms with Crippen molar-refractivity contribution in [1.29, 1.82) is 0 Å². The van der Waals surface area contributed by atoms with Gasteiger partial charge in [0.05, 0.1) is 11.8 Å². The zero-order valence-electron chi connectivity index (χ0n) is 17.8. The molecule has 2 aromatic heterocycles. The Morgan fingerprint density at radius 3 is 2.48 bits per heavy atom. The minimum atomic E-state index is -0.364. The Kier molecular flexibility index (Phi) is 5.95. The Labute approximate surface area is 190 Å². The molecule has 1 aliphatic carbocycles. The second-order valence-corrected chi connectivity index (χ2v) is 10.4. The van der Waals surface area contributed by atoms with Crippen molar-refractivity contribution in [2.24, 2.45) is 11.3 Å². The molecule has 7 heteroatoms. The van der Waals surface area contributed by atoms with Crippen LogP contribution in [0, 0.1) is 11.3 Å². The van der Waals surface area contributed by atoms with Crippen LogP contribution in [0.5, 0.6) is 0 Å². The lowest BCUT2D eigenvalue weighted by Crippen LogP contribution is -2.27. The molecule has 3 aromatic rings. The Hall–Kier alpha value is -2.57. The van der Waals surface area contributed by atoms with Crippen LogP contribution >= 0.6 is 22.9 Å². The minimum absolute atomic E-state index is 0.186. The number of furan rings is 1. The van der Waals surface area contributed by atoms with Gasteiger partial charge in [0, 0.05) is 15.6 Å². The van der Waals surface area contributed by atoms with E-state index in [9.17, 15) is 9.59 Å². The first kappa shape index (κ1) is 21.7. The number of amides is 2. The van der Waals surface area contributed by atoms with Crippen LogP contribution in [0.25, 0.3) is 0 Å². The summed E-state index contributed by atoms with van der Waals surface area (Å²) in [5.74, 6) is 0.141. The number of thiophene rings is 1. The van der Waals surface area contributed by atoms with Crippen molar-refractivity contribution < 1.29 is 14.0 Å². The van der Waals surface area contributed by atoms with E-state index in [4.69, 9.17) is 16.0 Å². The molecular formula is C24H25ClN2O3S. The smallest absolute Gasteiger partial charge is 0.291 e. The van der Waals surface area contributed by atoms with Crippen LogP contribution in [0.1, 0.15) is 58.5 Å². The fourth-order valence-corrected chi connectivity index (χ4v) is 5.40.